The van der Waals surface area contributed by atoms with Crippen LogP contribution in [0, 0.1) is 29.1 Å². The zero-order chi connectivity index (χ0) is 18.0. The lowest BCUT2D eigenvalue weighted by atomic mass is 9.47. The Bertz CT molecular complexity index is 502. The second-order valence-corrected chi connectivity index (χ2v) is 8.87. The summed E-state index contributed by atoms with van der Waals surface area (Å²) in [7, 11) is 1.68. The van der Waals surface area contributed by atoms with Crippen molar-refractivity contribution in [3.63, 3.8) is 0 Å². The van der Waals surface area contributed by atoms with E-state index in [1.165, 1.54) is 12.8 Å². The Morgan fingerprint density at radius 1 is 1.24 bits per heavy atom. The van der Waals surface area contributed by atoms with Gasteiger partial charge in [-0.3, -0.25) is 4.79 Å². The Hall–Kier alpha value is -0.740. The van der Waals surface area contributed by atoms with E-state index in [2.05, 4.69) is 6.92 Å². The second kappa shape index (κ2) is 7.87. The van der Waals surface area contributed by atoms with Gasteiger partial charge in [0.2, 0.25) is 0 Å². The first kappa shape index (κ1) is 19.0. The summed E-state index contributed by atoms with van der Waals surface area (Å²) in [5.41, 5.74) is 0.338. The van der Waals surface area contributed by atoms with Gasteiger partial charge in [-0.25, -0.2) is 0 Å². The van der Waals surface area contributed by atoms with Gasteiger partial charge in [-0.05, 0) is 75.0 Å². The smallest absolute Gasteiger partial charge is 0.146 e. The second-order valence-electron chi connectivity index (χ2n) is 8.87. The van der Waals surface area contributed by atoms with Crippen molar-refractivity contribution in [1.82, 2.24) is 0 Å². The number of methoxy groups -OCH3 is 1. The maximum Gasteiger partial charge on any atom is 0.146 e. The van der Waals surface area contributed by atoms with Crippen LogP contribution in [0.4, 0.5) is 0 Å². The fourth-order valence-corrected chi connectivity index (χ4v) is 6.20. The molecule has 0 aromatic rings. The molecule has 0 aromatic heterocycles. The molecule has 3 fully saturated rings. The third kappa shape index (κ3) is 3.85. The van der Waals surface area contributed by atoms with Gasteiger partial charge in [0.1, 0.15) is 18.4 Å². The van der Waals surface area contributed by atoms with E-state index in [1.54, 1.807) is 14.0 Å². The van der Waals surface area contributed by atoms with Gasteiger partial charge in [0, 0.05) is 25.9 Å². The van der Waals surface area contributed by atoms with Crippen molar-refractivity contribution in [3.8, 4) is 0 Å². The summed E-state index contributed by atoms with van der Waals surface area (Å²) in [5, 5.41) is 0. The number of ketones is 2. The predicted octanol–water partition coefficient (Wildman–Crippen LogP) is 4.16. The van der Waals surface area contributed by atoms with E-state index >= 15 is 0 Å². The van der Waals surface area contributed by atoms with Gasteiger partial charge in [0.05, 0.1) is 6.10 Å². The topological polar surface area (TPSA) is 52.6 Å². The lowest BCUT2D eigenvalue weighted by Crippen LogP contribution is -2.52. The Kier molecular flexibility index (Phi) is 5.99. The van der Waals surface area contributed by atoms with Gasteiger partial charge in [0.25, 0.3) is 0 Å². The number of hydrogen-bond donors (Lipinski definition) is 0. The minimum Gasteiger partial charge on any atom is -0.359 e. The van der Waals surface area contributed by atoms with E-state index in [-0.39, 0.29) is 11.7 Å². The summed E-state index contributed by atoms with van der Waals surface area (Å²) >= 11 is 0. The zero-order valence-corrected chi connectivity index (χ0v) is 16.1. The molecule has 0 aliphatic heterocycles. The molecule has 25 heavy (non-hydrogen) atoms. The molecule has 0 N–H and O–H groups in total. The van der Waals surface area contributed by atoms with Gasteiger partial charge in [0.15, 0.2) is 0 Å². The van der Waals surface area contributed by atoms with Crippen molar-refractivity contribution >= 4 is 11.6 Å². The van der Waals surface area contributed by atoms with E-state index < -0.39 is 0 Å². The number of rotatable bonds is 6. The highest BCUT2D eigenvalue weighted by Gasteiger charge is 2.54. The first-order chi connectivity index (χ1) is 12.0. The molecule has 0 radical (unpaired) electrons. The minimum absolute atomic E-state index is 0.128. The first-order valence-corrected chi connectivity index (χ1v) is 10.1. The minimum atomic E-state index is 0.128. The van der Waals surface area contributed by atoms with Crippen LogP contribution >= 0.6 is 0 Å². The van der Waals surface area contributed by atoms with Gasteiger partial charge >= 0.3 is 0 Å². The van der Waals surface area contributed by atoms with Crippen LogP contribution in [0.1, 0.15) is 71.6 Å². The molecule has 4 nitrogen and oxygen atoms in total. The first-order valence-electron chi connectivity index (χ1n) is 10.1. The third-order valence-electron chi connectivity index (χ3n) is 7.56. The average molecular weight is 350 g/mol. The SMILES string of the molecule is COCO[C@H]1CC[C@]2(C)[C@H](CC[C@@H]3C(CCC(C)=O)C(=O)CC[C@H]32)C1. The van der Waals surface area contributed by atoms with Crippen LogP contribution in [0.25, 0.3) is 0 Å². The molecule has 0 spiro atoms. The average Bonchev–Trinajstić information content (AvgIpc) is 2.58. The van der Waals surface area contributed by atoms with Crippen molar-refractivity contribution < 1.29 is 19.1 Å². The molecule has 0 heterocycles. The van der Waals surface area contributed by atoms with Crippen LogP contribution in [-0.2, 0) is 19.1 Å². The van der Waals surface area contributed by atoms with Crippen molar-refractivity contribution in [1.29, 1.82) is 0 Å². The van der Waals surface area contributed by atoms with E-state index in [4.69, 9.17) is 9.47 Å². The van der Waals surface area contributed by atoms with Crippen LogP contribution < -0.4 is 0 Å². The Morgan fingerprint density at radius 3 is 2.76 bits per heavy atom. The number of hydrogen-bond acceptors (Lipinski definition) is 4. The summed E-state index contributed by atoms with van der Waals surface area (Å²) in [6.45, 7) is 4.50. The van der Waals surface area contributed by atoms with E-state index in [9.17, 15) is 9.59 Å². The number of fused-ring (bicyclic) bond motifs is 3. The van der Waals surface area contributed by atoms with Crippen LogP contribution in [-0.4, -0.2) is 31.6 Å². The molecular weight excluding hydrogens is 316 g/mol. The molecule has 0 saturated heterocycles. The summed E-state index contributed by atoms with van der Waals surface area (Å²) in [6, 6.07) is 0. The van der Waals surface area contributed by atoms with Crippen LogP contribution in [0.5, 0.6) is 0 Å². The maximum atomic E-state index is 12.6. The molecule has 0 amide bonds. The molecule has 1 unspecified atom stereocenters. The summed E-state index contributed by atoms with van der Waals surface area (Å²) in [5.74, 6) is 2.60. The molecule has 3 rings (SSSR count). The van der Waals surface area contributed by atoms with Crippen molar-refractivity contribution in [2.75, 3.05) is 13.9 Å². The lowest BCUT2D eigenvalue weighted by Gasteiger charge is -2.58. The van der Waals surface area contributed by atoms with E-state index in [1.807, 2.05) is 0 Å². The molecule has 3 aliphatic carbocycles. The fraction of sp³-hybridized carbons (Fsp3) is 0.905. The zero-order valence-electron chi connectivity index (χ0n) is 16.1. The molecule has 0 bridgehead atoms. The van der Waals surface area contributed by atoms with E-state index in [0.717, 1.165) is 38.5 Å². The summed E-state index contributed by atoms with van der Waals surface area (Å²) < 4.78 is 10.9. The Balaban J connectivity index is 1.70. The number of carbonyl (C=O) groups excluding carboxylic acids is 2. The Labute approximate surface area is 152 Å². The molecule has 3 aliphatic rings. The van der Waals surface area contributed by atoms with Gasteiger partial charge in [-0.15, -0.1) is 0 Å². The lowest BCUT2D eigenvalue weighted by molar-refractivity contribution is -0.151. The van der Waals surface area contributed by atoms with Crippen LogP contribution in [0.15, 0.2) is 0 Å². The summed E-state index contributed by atoms with van der Waals surface area (Å²) in [4.78, 5) is 24.0. The monoisotopic (exact) mass is 350 g/mol. The van der Waals surface area contributed by atoms with Crippen molar-refractivity contribution in [2.45, 2.75) is 77.7 Å². The third-order valence-corrected chi connectivity index (χ3v) is 7.56. The molecule has 4 heteroatoms. The summed E-state index contributed by atoms with van der Waals surface area (Å²) in [6.07, 6.45) is 9.22. The van der Waals surface area contributed by atoms with Gasteiger partial charge in [-0.2, -0.15) is 0 Å². The highest BCUT2D eigenvalue weighted by molar-refractivity contribution is 5.83. The standard InChI is InChI=1S/C21H34O4/c1-14(22)4-6-18-17-7-5-15-12-16(25-13-24-3)10-11-21(15,2)19(17)8-9-20(18)23/h15-19H,4-13H2,1-3H3/t15-,16+,17-,18?,19-,21-/m1/s1. The normalized spacial score (nSPS) is 41.1. The fourth-order valence-electron chi connectivity index (χ4n) is 6.20. The molecular formula is C21H34O4. The maximum absolute atomic E-state index is 12.6. The molecule has 0 aromatic carbocycles. The van der Waals surface area contributed by atoms with Gasteiger partial charge < -0.3 is 14.3 Å². The van der Waals surface area contributed by atoms with Crippen LogP contribution in [0.2, 0.25) is 0 Å². The number of ether oxygens (including phenoxy) is 2. The van der Waals surface area contributed by atoms with E-state index in [0.29, 0.717) is 48.3 Å². The quantitative estimate of drug-likeness (QED) is 0.675. The largest absolute Gasteiger partial charge is 0.359 e. The number of Topliss-reactive ketones (excluding diaryl/α,β-unsaturated/α-hetero) is 2. The predicted molar refractivity (Wildman–Crippen MR) is 96.1 cm³/mol. The Morgan fingerprint density at radius 2 is 2.04 bits per heavy atom. The molecule has 142 valence electrons. The van der Waals surface area contributed by atoms with Crippen LogP contribution in [0.3, 0.4) is 0 Å². The number of carbonyl (C=O) groups is 2. The molecule has 6 atom stereocenters. The van der Waals surface area contributed by atoms with Gasteiger partial charge in [-0.1, -0.05) is 6.92 Å². The van der Waals surface area contributed by atoms with Crippen molar-refractivity contribution in [3.05, 3.63) is 0 Å². The highest BCUT2D eigenvalue weighted by atomic mass is 16.7. The van der Waals surface area contributed by atoms with Crippen molar-refractivity contribution in [2.24, 2.45) is 29.1 Å². The molecule has 3 saturated carbocycles. The highest BCUT2D eigenvalue weighted by Crippen LogP contribution is 2.60.